The second kappa shape index (κ2) is 7.85. The van der Waals surface area contributed by atoms with Crippen molar-refractivity contribution in [2.45, 2.75) is 79.0 Å². The molecule has 1 saturated heterocycles. The predicted octanol–water partition coefficient (Wildman–Crippen LogP) is 3.89. The zero-order valence-electron chi connectivity index (χ0n) is 14.6. The first kappa shape index (κ1) is 23.0. The number of rotatable bonds is 5. The van der Waals surface area contributed by atoms with Crippen molar-refractivity contribution in [1.29, 1.82) is 0 Å². The molecule has 158 valence electrons. The number of hydrogen-bond acceptors (Lipinski definition) is 4. The summed E-state index contributed by atoms with van der Waals surface area (Å²) in [5.74, 6) is -1.39. The van der Waals surface area contributed by atoms with Gasteiger partial charge in [-0.1, -0.05) is 22.6 Å². The Kier molecular flexibility index (Phi) is 6.68. The van der Waals surface area contributed by atoms with E-state index in [1.807, 2.05) is 22.6 Å². The first-order chi connectivity index (χ1) is 12.2. The lowest BCUT2D eigenvalue weighted by Crippen LogP contribution is -2.58. The van der Waals surface area contributed by atoms with Gasteiger partial charge in [0.15, 0.2) is 0 Å². The number of aliphatic hydroxyl groups is 1. The van der Waals surface area contributed by atoms with E-state index in [0.717, 1.165) is 13.0 Å². The average Bonchev–Trinajstić information content (AvgIpc) is 2.44. The minimum absolute atomic E-state index is 0.0180. The van der Waals surface area contributed by atoms with Crippen molar-refractivity contribution in [2.75, 3.05) is 6.54 Å². The number of alkyl halides is 7. The molecule has 1 saturated carbocycles. The van der Waals surface area contributed by atoms with Gasteiger partial charge in [0.2, 0.25) is 0 Å². The van der Waals surface area contributed by atoms with Crippen LogP contribution in [0.2, 0.25) is 0 Å². The van der Waals surface area contributed by atoms with E-state index in [-0.39, 0.29) is 31.7 Å². The molecule has 0 radical (unpaired) electrons. The van der Waals surface area contributed by atoms with Crippen LogP contribution in [0.15, 0.2) is 0 Å². The van der Waals surface area contributed by atoms with E-state index in [4.69, 9.17) is 4.74 Å². The van der Waals surface area contributed by atoms with Gasteiger partial charge < -0.3 is 15.2 Å². The van der Waals surface area contributed by atoms with Crippen LogP contribution in [0.25, 0.3) is 0 Å². The minimum Gasteiger partial charge on any atom is -0.461 e. The summed E-state index contributed by atoms with van der Waals surface area (Å²) in [7, 11) is 0. The van der Waals surface area contributed by atoms with Crippen molar-refractivity contribution in [3.8, 4) is 0 Å². The number of esters is 1. The van der Waals surface area contributed by atoms with Gasteiger partial charge in [-0.15, -0.1) is 0 Å². The van der Waals surface area contributed by atoms with E-state index in [1.165, 1.54) is 0 Å². The van der Waals surface area contributed by atoms with E-state index in [2.05, 4.69) is 5.32 Å². The summed E-state index contributed by atoms with van der Waals surface area (Å²) < 4.78 is 81.5. The van der Waals surface area contributed by atoms with Gasteiger partial charge in [0.05, 0.1) is 0 Å². The lowest BCUT2D eigenvalue weighted by molar-refractivity contribution is -0.373. The van der Waals surface area contributed by atoms with Gasteiger partial charge >= 0.3 is 18.3 Å². The highest BCUT2D eigenvalue weighted by Gasteiger charge is 2.70. The Morgan fingerprint density at radius 3 is 1.93 bits per heavy atom. The number of carbonyl (C=O) groups excluding carboxylic acids is 1. The Morgan fingerprint density at radius 1 is 1.07 bits per heavy atom. The summed E-state index contributed by atoms with van der Waals surface area (Å²) in [6, 6.07) is -0.0180. The fraction of sp³-hybridized carbons (Fsp3) is 0.938. The van der Waals surface area contributed by atoms with Gasteiger partial charge in [-0.2, -0.15) is 26.3 Å². The van der Waals surface area contributed by atoms with Gasteiger partial charge in [0, 0.05) is 6.04 Å². The molecule has 4 nitrogen and oxygen atoms in total. The molecule has 1 heterocycles. The van der Waals surface area contributed by atoms with Gasteiger partial charge in [-0.05, 0) is 57.9 Å². The molecule has 0 aromatic heterocycles. The van der Waals surface area contributed by atoms with Gasteiger partial charge in [-0.25, -0.2) is 0 Å². The predicted molar refractivity (Wildman–Crippen MR) is 92.3 cm³/mol. The molecular formula is C16H22F6INO3. The van der Waals surface area contributed by atoms with Gasteiger partial charge in [0.25, 0.3) is 5.60 Å². The van der Waals surface area contributed by atoms with E-state index in [0.29, 0.717) is 0 Å². The molecule has 2 unspecified atom stereocenters. The monoisotopic (exact) mass is 517 g/mol. The number of ether oxygens (including phenoxy) is 1. The standard InChI is InChI=1S/C16H22F6INO3/c1-13(23,11-6-7-24-11)12(25)27-10-4-2-9(3-5-10)8-14(26,15(17,18)19)16(20,21)22/h9-11,24,26H,2-8H2,1H3. The normalized spacial score (nSPS) is 29.6. The molecule has 11 heteroatoms. The highest BCUT2D eigenvalue weighted by atomic mass is 127. The van der Waals surface area contributed by atoms with Crippen molar-refractivity contribution in [2.24, 2.45) is 5.92 Å². The number of halogens is 7. The second-order valence-corrected chi connectivity index (χ2v) is 9.72. The first-order valence-corrected chi connectivity index (χ1v) is 9.75. The molecule has 2 atom stereocenters. The second-order valence-electron chi connectivity index (χ2n) is 7.48. The van der Waals surface area contributed by atoms with E-state index in [1.54, 1.807) is 6.92 Å². The van der Waals surface area contributed by atoms with Crippen molar-refractivity contribution in [3.05, 3.63) is 0 Å². The molecule has 0 spiro atoms. The minimum atomic E-state index is -5.80. The molecule has 0 amide bonds. The van der Waals surface area contributed by atoms with E-state index < -0.39 is 45.8 Å². The van der Waals surface area contributed by atoms with Crippen LogP contribution in [0.3, 0.4) is 0 Å². The van der Waals surface area contributed by atoms with Crippen LogP contribution in [0, 0.1) is 5.92 Å². The van der Waals surface area contributed by atoms with Crippen LogP contribution in [-0.2, 0) is 9.53 Å². The molecule has 2 N–H and O–H groups in total. The van der Waals surface area contributed by atoms with E-state index in [9.17, 15) is 36.2 Å². The highest BCUT2D eigenvalue weighted by molar-refractivity contribution is 14.1. The van der Waals surface area contributed by atoms with Crippen LogP contribution in [-0.4, -0.2) is 51.1 Å². The van der Waals surface area contributed by atoms with Crippen LogP contribution >= 0.6 is 22.6 Å². The maximum atomic E-state index is 12.8. The van der Waals surface area contributed by atoms with Crippen molar-refractivity contribution in [1.82, 2.24) is 5.32 Å². The van der Waals surface area contributed by atoms with Gasteiger partial charge in [0.1, 0.15) is 9.53 Å². The molecular weight excluding hydrogens is 495 g/mol. The van der Waals surface area contributed by atoms with Crippen LogP contribution < -0.4 is 5.32 Å². The third kappa shape index (κ3) is 4.82. The topological polar surface area (TPSA) is 58.6 Å². The molecule has 0 bridgehead atoms. The lowest BCUT2D eigenvalue weighted by Gasteiger charge is -2.40. The van der Waals surface area contributed by atoms with E-state index >= 15 is 0 Å². The van der Waals surface area contributed by atoms with Gasteiger partial charge in [-0.3, -0.25) is 4.79 Å². The molecule has 2 aliphatic rings. The largest absolute Gasteiger partial charge is 0.461 e. The number of hydrogen-bond donors (Lipinski definition) is 2. The Balaban J connectivity index is 1.90. The molecule has 2 fully saturated rings. The molecule has 1 aliphatic carbocycles. The fourth-order valence-corrected chi connectivity index (χ4v) is 4.08. The summed E-state index contributed by atoms with van der Waals surface area (Å²) in [6.45, 7) is 2.54. The Bertz CT molecular complexity index is 525. The van der Waals surface area contributed by atoms with Crippen LogP contribution in [0.1, 0.15) is 45.4 Å². The molecule has 27 heavy (non-hydrogen) atoms. The number of carbonyl (C=O) groups is 1. The zero-order chi connectivity index (χ0) is 20.7. The van der Waals surface area contributed by atoms with Crippen LogP contribution in [0.5, 0.6) is 0 Å². The third-order valence-electron chi connectivity index (χ3n) is 5.47. The summed E-state index contributed by atoms with van der Waals surface area (Å²) in [6.07, 6.45) is -12.3. The zero-order valence-corrected chi connectivity index (χ0v) is 16.7. The lowest BCUT2D eigenvalue weighted by atomic mass is 9.79. The summed E-state index contributed by atoms with van der Waals surface area (Å²) in [5.41, 5.74) is -4.72. The maximum Gasteiger partial charge on any atom is 0.426 e. The fourth-order valence-electron chi connectivity index (χ4n) is 3.42. The molecule has 0 aromatic rings. The maximum absolute atomic E-state index is 12.8. The first-order valence-electron chi connectivity index (χ1n) is 8.67. The summed E-state index contributed by atoms with van der Waals surface area (Å²) in [4.78, 5) is 12.3. The Morgan fingerprint density at radius 2 is 1.56 bits per heavy atom. The van der Waals surface area contributed by atoms with Crippen LogP contribution in [0.4, 0.5) is 26.3 Å². The molecule has 0 aromatic carbocycles. The Labute approximate surface area is 166 Å². The average molecular weight is 517 g/mol. The highest BCUT2D eigenvalue weighted by Crippen LogP contribution is 2.48. The smallest absolute Gasteiger partial charge is 0.426 e. The number of nitrogens with one attached hydrogen (secondary N) is 1. The SMILES string of the molecule is CC(I)(C(=O)OC1CCC(CC(O)(C(F)(F)F)C(F)(F)F)CC1)C1CCN1. The summed E-state index contributed by atoms with van der Waals surface area (Å²) >= 11 is 1.99. The summed E-state index contributed by atoms with van der Waals surface area (Å²) in [5, 5.41) is 12.4. The van der Waals surface area contributed by atoms with Crippen molar-refractivity contribution in [3.63, 3.8) is 0 Å². The van der Waals surface area contributed by atoms with Crippen molar-refractivity contribution < 1.29 is 41.0 Å². The third-order valence-corrected chi connectivity index (χ3v) is 6.66. The Hall–Kier alpha value is -0.300. The quantitative estimate of drug-likeness (QED) is 0.252. The molecule has 2 rings (SSSR count). The van der Waals surface area contributed by atoms with Crippen molar-refractivity contribution >= 4 is 28.6 Å². The molecule has 1 aliphatic heterocycles.